The van der Waals surface area contributed by atoms with E-state index in [4.69, 9.17) is 4.65 Å². The zero-order valence-corrected chi connectivity index (χ0v) is 14.8. The Morgan fingerprint density at radius 1 is 1.48 bits per heavy atom. The van der Waals surface area contributed by atoms with Crippen molar-refractivity contribution < 1.29 is 23.3 Å². The number of H-pyrrole nitrogens is 1. The molecule has 0 amide bonds. The third-order valence-electron chi connectivity index (χ3n) is 5.44. The molecule has 1 aliphatic heterocycles. The van der Waals surface area contributed by atoms with E-state index in [1.165, 1.54) is 5.57 Å². The SMILES string of the molecule is CNC1CC(C2=CB(O)Oc3cnc4[nH]ccc4c32)C1.O=CC1CC1(F)F. The number of aromatic amines is 1. The molecule has 2 aromatic rings. The number of pyridine rings is 1. The van der Waals surface area contributed by atoms with E-state index in [1.807, 2.05) is 25.3 Å². The van der Waals surface area contributed by atoms with Gasteiger partial charge in [0.2, 0.25) is 0 Å². The van der Waals surface area contributed by atoms with Gasteiger partial charge < -0.3 is 24.8 Å². The van der Waals surface area contributed by atoms with Crippen LogP contribution in [-0.2, 0) is 4.79 Å². The second kappa shape index (κ2) is 6.72. The summed E-state index contributed by atoms with van der Waals surface area (Å²) in [6.07, 6.45) is 5.85. The lowest BCUT2D eigenvalue weighted by atomic mass is 9.68. The summed E-state index contributed by atoms with van der Waals surface area (Å²) in [7, 11) is 1.13. The lowest BCUT2D eigenvalue weighted by molar-refractivity contribution is -0.110. The van der Waals surface area contributed by atoms with Crippen molar-refractivity contribution in [1.82, 2.24) is 15.3 Å². The third kappa shape index (κ3) is 3.37. The molecule has 1 atom stereocenters. The van der Waals surface area contributed by atoms with Crippen molar-refractivity contribution in [1.29, 1.82) is 0 Å². The Morgan fingerprint density at radius 2 is 2.22 bits per heavy atom. The molecule has 2 saturated carbocycles. The van der Waals surface area contributed by atoms with Crippen molar-refractivity contribution in [2.75, 3.05) is 7.05 Å². The zero-order chi connectivity index (χ0) is 19.2. The summed E-state index contributed by atoms with van der Waals surface area (Å²) in [5.41, 5.74) is 3.14. The minimum Gasteiger partial charge on any atom is -0.531 e. The van der Waals surface area contributed by atoms with Gasteiger partial charge in [0.15, 0.2) is 0 Å². The highest BCUT2D eigenvalue weighted by Gasteiger charge is 2.56. The maximum Gasteiger partial charge on any atom is 0.552 e. The zero-order valence-electron chi connectivity index (χ0n) is 14.8. The Kier molecular flexibility index (Phi) is 4.51. The van der Waals surface area contributed by atoms with Gasteiger partial charge in [-0.15, -0.1) is 0 Å². The molecule has 0 aromatic carbocycles. The smallest absolute Gasteiger partial charge is 0.531 e. The molecule has 0 saturated heterocycles. The fourth-order valence-corrected chi connectivity index (χ4v) is 3.61. The Balaban J connectivity index is 0.000000218. The fraction of sp³-hybridized carbons (Fsp3) is 0.444. The largest absolute Gasteiger partial charge is 0.552 e. The van der Waals surface area contributed by atoms with Gasteiger partial charge in [-0.1, -0.05) is 0 Å². The van der Waals surface area contributed by atoms with Crippen LogP contribution >= 0.6 is 0 Å². The van der Waals surface area contributed by atoms with E-state index >= 15 is 0 Å². The predicted octanol–water partition coefficient (Wildman–Crippen LogP) is 2.20. The number of hydrogen-bond donors (Lipinski definition) is 3. The number of hydrogen-bond acceptors (Lipinski definition) is 5. The number of allylic oxidation sites excluding steroid dienone is 1. The van der Waals surface area contributed by atoms with Crippen molar-refractivity contribution in [3.05, 3.63) is 30.0 Å². The summed E-state index contributed by atoms with van der Waals surface area (Å²) in [6.45, 7) is 0. The molecular formula is C18H20BF2N3O3. The Hall–Kier alpha value is -2.26. The molecule has 3 N–H and O–H groups in total. The van der Waals surface area contributed by atoms with Crippen LogP contribution < -0.4 is 9.97 Å². The van der Waals surface area contributed by atoms with Crippen LogP contribution in [-0.4, -0.2) is 47.4 Å². The number of nitrogens with zero attached hydrogens (tertiary/aromatic N) is 1. The highest BCUT2D eigenvalue weighted by Crippen LogP contribution is 2.47. The first kappa shape index (κ1) is 18.1. The summed E-state index contributed by atoms with van der Waals surface area (Å²) in [5, 5.41) is 14.3. The predicted molar refractivity (Wildman–Crippen MR) is 97.4 cm³/mol. The van der Waals surface area contributed by atoms with E-state index in [2.05, 4.69) is 15.3 Å². The van der Waals surface area contributed by atoms with Gasteiger partial charge in [-0.2, -0.15) is 0 Å². The summed E-state index contributed by atoms with van der Waals surface area (Å²) in [5.74, 6) is -0.625. The van der Waals surface area contributed by atoms with Gasteiger partial charge in [-0.3, -0.25) is 0 Å². The number of carbonyl (C=O) groups is 1. The molecule has 3 heterocycles. The third-order valence-corrected chi connectivity index (χ3v) is 5.44. The van der Waals surface area contributed by atoms with Crippen molar-refractivity contribution in [3.8, 4) is 5.75 Å². The van der Waals surface area contributed by atoms with Crippen molar-refractivity contribution in [2.24, 2.45) is 11.8 Å². The van der Waals surface area contributed by atoms with Gasteiger partial charge in [-0.05, 0) is 43.4 Å². The van der Waals surface area contributed by atoms with Crippen LogP contribution in [0.1, 0.15) is 24.8 Å². The van der Waals surface area contributed by atoms with Gasteiger partial charge in [0.05, 0.1) is 12.1 Å². The molecule has 2 aromatic heterocycles. The van der Waals surface area contributed by atoms with Crippen molar-refractivity contribution in [3.63, 3.8) is 0 Å². The summed E-state index contributed by atoms with van der Waals surface area (Å²) < 4.78 is 28.6. The van der Waals surface area contributed by atoms with Gasteiger partial charge in [-0.25, -0.2) is 13.8 Å². The Bertz CT molecular complexity index is 895. The van der Waals surface area contributed by atoms with Crippen LogP contribution in [0.3, 0.4) is 0 Å². The first-order chi connectivity index (χ1) is 12.9. The number of halogens is 2. The second-order valence-electron chi connectivity index (χ2n) is 7.23. The average Bonchev–Trinajstić information content (AvgIpc) is 3.00. The van der Waals surface area contributed by atoms with E-state index in [0.29, 0.717) is 24.0 Å². The van der Waals surface area contributed by atoms with Crippen LogP contribution in [0, 0.1) is 11.8 Å². The Morgan fingerprint density at radius 3 is 2.81 bits per heavy atom. The van der Waals surface area contributed by atoms with Gasteiger partial charge in [0, 0.05) is 29.6 Å². The highest BCUT2D eigenvalue weighted by atomic mass is 19.3. The van der Waals surface area contributed by atoms with Crippen molar-refractivity contribution in [2.45, 2.75) is 31.2 Å². The number of nitrogens with one attached hydrogen (secondary N) is 2. The number of aromatic nitrogens is 2. The first-order valence-electron chi connectivity index (χ1n) is 8.96. The quantitative estimate of drug-likeness (QED) is 0.566. The molecule has 9 heteroatoms. The minimum absolute atomic E-state index is 0.240. The van der Waals surface area contributed by atoms with Gasteiger partial charge >= 0.3 is 7.12 Å². The molecule has 2 fully saturated rings. The van der Waals surface area contributed by atoms with Crippen LogP contribution in [0.4, 0.5) is 8.78 Å². The van der Waals surface area contributed by atoms with E-state index in [9.17, 15) is 18.6 Å². The summed E-state index contributed by atoms with van der Waals surface area (Å²) in [4.78, 5) is 17.0. The van der Waals surface area contributed by atoms with Crippen LogP contribution in [0.5, 0.6) is 5.75 Å². The number of alkyl halides is 2. The molecule has 27 heavy (non-hydrogen) atoms. The lowest BCUT2D eigenvalue weighted by Gasteiger charge is -2.38. The minimum atomic E-state index is -2.65. The average molecular weight is 375 g/mol. The van der Waals surface area contributed by atoms with Crippen molar-refractivity contribution >= 4 is 30.0 Å². The number of aldehydes is 1. The van der Waals surface area contributed by atoms with Gasteiger partial charge in [0.1, 0.15) is 17.7 Å². The maximum absolute atomic E-state index is 11.6. The van der Waals surface area contributed by atoms with Crippen LogP contribution in [0.25, 0.3) is 16.6 Å². The topological polar surface area (TPSA) is 87.2 Å². The molecule has 5 rings (SSSR count). The number of carbonyl (C=O) groups excluding carboxylic acids is 1. The standard InChI is InChI=1S/C14H16BN3O2.C4H4F2O/c1-16-9-4-8(5-9)11-6-15(19)20-12-7-18-14-10(13(11)12)2-3-17-14;5-4(6)1-3(4)2-7/h2-3,6-9,16,19H,4-5H2,1H3,(H,17,18);2-3H,1H2. The molecule has 6 nitrogen and oxygen atoms in total. The molecule has 2 aliphatic carbocycles. The highest BCUT2D eigenvalue weighted by molar-refractivity contribution is 6.52. The van der Waals surface area contributed by atoms with Crippen LogP contribution in [0.2, 0.25) is 0 Å². The molecular weight excluding hydrogens is 355 g/mol. The van der Waals surface area contributed by atoms with Gasteiger partial charge in [0.25, 0.3) is 5.92 Å². The summed E-state index contributed by atoms with van der Waals surface area (Å²) in [6, 6.07) is 2.59. The monoisotopic (exact) mass is 375 g/mol. The lowest BCUT2D eigenvalue weighted by Crippen LogP contribution is -2.40. The second-order valence-corrected chi connectivity index (χ2v) is 7.23. The van der Waals surface area contributed by atoms with Crippen LogP contribution in [0.15, 0.2) is 24.4 Å². The van der Waals surface area contributed by atoms with E-state index in [-0.39, 0.29) is 6.42 Å². The molecule has 0 bridgehead atoms. The normalized spacial score (nSPS) is 27.5. The van der Waals surface area contributed by atoms with E-state index in [1.54, 1.807) is 6.20 Å². The Labute approximate surface area is 155 Å². The molecule has 0 spiro atoms. The molecule has 1 unspecified atom stereocenters. The number of fused-ring (bicyclic) bond motifs is 3. The number of rotatable bonds is 3. The maximum atomic E-state index is 11.6. The molecule has 0 radical (unpaired) electrons. The molecule has 3 aliphatic rings. The first-order valence-corrected chi connectivity index (χ1v) is 8.96. The summed E-state index contributed by atoms with van der Waals surface area (Å²) >= 11 is 0. The fourth-order valence-electron chi connectivity index (χ4n) is 3.61. The van der Waals surface area contributed by atoms with E-state index < -0.39 is 19.0 Å². The molecule has 142 valence electrons. The van der Waals surface area contributed by atoms with E-state index in [0.717, 1.165) is 29.4 Å².